The van der Waals surface area contributed by atoms with Crippen LogP contribution < -0.4 is 5.32 Å². The van der Waals surface area contributed by atoms with Crippen molar-refractivity contribution in [2.75, 3.05) is 5.32 Å². The molecule has 2 heterocycles. The quantitative estimate of drug-likeness (QED) is 0.549. The first-order valence-corrected chi connectivity index (χ1v) is 10.1. The van der Waals surface area contributed by atoms with Crippen molar-refractivity contribution in [1.82, 2.24) is 30.0 Å². The smallest absolute Gasteiger partial charge is 0.276 e. The minimum absolute atomic E-state index is 0.256. The summed E-state index contributed by atoms with van der Waals surface area (Å²) in [4.78, 5) is 13.1. The van der Waals surface area contributed by atoms with E-state index in [1.807, 2.05) is 25.1 Å². The molecule has 0 atom stereocenters. The highest BCUT2D eigenvalue weighted by molar-refractivity contribution is 6.04. The molecule has 1 aliphatic rings. The van der Waals surface area contributed by atoms with Gasteiger partial charge in [0.2, 0.25) is 0 Å². The Balaban J connectivity index is 1.46. The van der Waals surface area contributed by atoms with Gasteiger partial charge < -0.3 is 5.32 Å². The molecule has 9 heteroatoms. The molecule has 31 heavy (non-hydrogen) atoms. The lowest BCUT2D eigenvalue weighted by atomic mass is 9.95. The van der Waals surface area contributed by atoms with Crippen LogP contribution >= 0.6 is 0 Å². The number of rotatable bonds is 4. The molecule has 1 aliphatic carbocycles. The molecule has 1 amide bonds. The number of carbonyl (C=O) groups excluding carboxylic acids is 1. The largest absolute Gasteiger partial charge is 0.321 e. The molecule has 0 spiro atoms. The standard InChI is InChI=1S/C22H20FN7O/c1-14-12-16(8-11-19(14)29-13-24-27-28-29)25-22(31)21-18-4-2-3-5-20(18)30(26-21)17-9-6-15(23)7-10-17/h6-13H,2-5H2,1H3,(H,25,31). The summed E-state index contributed by atoms with van der Waals surface area (Å²) in [6.07, 6.45) is 5.22. The van der Waals surface area contributed by atoms with Gasteiger partial charge in [0.05, 0.1) is 11.4 Å². The maximum absolute atomic E-state index is 13.4. The zero-order valence-electron chi connectivity index (χ0n) is 16.9. The monoisotopic (exact) mass is 417 g/mol. The van der Waals surface area contributed by atoms with Gasteiger partial charge >= 0.3 is 0 Å². The van der Waals surface area contributed by atoms with Crippen LogP contribution in [0, 0.1) is 12.7 Å². The van der Waals surface area contributed by atoms with Crippen LogP contribution in [0.2, 0.25) is 0 Å². The van der Waals surface area contributed by atoms with E-state index >= 15 is 0 Å². The third-order valence-electron chi connectivity index (χ3n) is 5.52. The van der Waals surface area contributed by atoms with Crippen LogP contribution in [-0.2, 0) is 12.8 Å². The summed E-state index contributed by atoms with van der Waals surface area (Å²) in [6, 6.07) is 11.7. The predicted molar refractivity (Wildman–Crippen MR) is 112 cm³/mol. The number of tetrazole rings is 1. The van der Waals surface area contributed by atoms with E-state index in [1.54, 1.807) is 21.5 Å². The molecule has 5 rings (SSSR count). The Kier molecular flexibility index (Phi) is 4.78. The number of hydrogen-bond acceptors (Lipinski definition) is 5. The molecule has 2 aromatic heterocycles. The third kappa shape index (κ3) is 3.58. The zero-order valence-corrected chi connectivity index (χ0v) is 16.9. The summed E-state index contributed by atoms with van der Waals surface area (Å²) in [6.45, 7) is 1.93. The van der Waals surface area contributed by atoms with Gasteiger partial charge in [0.1, 0.15) is 12.1 Å². The van der Waals surface area contributed by atoms with Gasteiger partial charge in [0.25, 0.3) is 5.91 Å². The van der Waals surface area contributed by atoms with E-state index in [0.717, 1.165) is 53.9 Å². The number of amides is 1. The molecule has 0 fully saturated rings. The normalized spacial score (nSPS) is 13.1. The summed E-state index contributed by atoms with van der Waals surface area (Å²) in [5.74, 6) is -0.559. The van der Waals surface area contributed by atoms with Crippen molar-refractivity contribution in [1.29, 1.82) is 0 Å². The Morgan fingerprint density at radius 3 is 2.65 bits per heavy atom. The van der Waals surface area contributed by atoms with Gasteiger partial charge in [-0.15, -0.1) is 5.10 Å². The van der Waals surface area contributed by atoms with Crippen molar-refractivity contribution in [3.63, 3.8) is 0 Å². The van der Waals surface area contributed by atoms with Crippen LogP contribution in [0.1, 0.15) is 40.2 Å². The fourth-order valence-electron chi connectivity index (χ4n) is 4.03. The maximum atomic E-state index is 13.4. The fourth-order valence-corrected chi connectivity index (χ4v) is 4.03. The average molecular weight is 417 g/mol. The molecule has 2 aromatic carbocycles. The van der Waals surface area contributed by atoms with Crippen molar-refractivity contribution in [3.05, 3.63) is 77.1 Å². The van der Waals surface area contributed by atoms with E-state index in [4.69, 9.17) is 0 Å². The molecular weight excluding hydrogens is 397 g/mol. The molecule has 0 saturated heterocycles. The second-order valence-corrected chi connectivity index (χ2v) is 7.58. The van der Waals surface area contributed by atoms with Gasteiger partial charge in [-0.05, 0) is 91.1 Å². The molecule has 0 saturated carbocycles. The molecule has 156 valence electrons. The highest BCUT2D eigenvalue weighted by atomic mass is 19.1. The van der Waals surface area contributed by atoms with E-state index in [1.165, 1.54) is 18.5 Å². The average Bonchev–Trinajstić information content (AvgIpc) is 3.43. The van der Waals surface area contributed by atoms with E-state index in [2.05, 4.69) is 25.9 Å². The lowest BCUT2D eigenvalue weighted by Gasteiger charge is -2.14. The van der Waals surface area contributed by atoms with Gasteiger partial charge in [-0.2, -0.15) is 5.10 Å². The van der Waals surface area contributed by atoms with Crippen LogP contribution in [0.3, 0.4) is 0 Å². The number of benzene rings is 2. The zero-order chi connectivity index (χ0) is 21.4. The second-order valence-electron chi connectivity index (χ2n) is 7.58. The number of nitrogens with zero attached hydrogens (tertiary/aromatic N) is 6. The highest BCUT2D eigenvalue weighted by Crippen LogP contribution is 2.28. The highest BCUT2D eigenvalue weighted by Gasteiger charge is 2.25. The molecule has 1 N–H and O–H groups in total. The topological polar surface area (TPSA) is 90.5 Å². The molecule has 0 bridgehead atoms. The number of anilines is 1. The maximum Gasteiger partial charge on any atom is 0.276 e. The van der Waals surface area contributed by atoms with Crippen molar-refractivity contribution < 1.29 is 9.18 Å². The second kappa shape index (κ2) is 7.75. The number of nitrogens with one attached hydrogen (secondary N) is 1. The number of fused-ring (bicyclic) bond motifs is 1. The Bertz CT molecular complexity index is 1250. The number of aryl methyl sites for hydroxylation is 1. The van der Waals surface area contributed by atoms with Crippen molar-refractivity contribution in [3.8, 4) is 11.4 Å². The molecule has 4 aromatic rings. The molecule has 0 aliphatic heterocycles. The first-order valence-electron chi connectivity index (χ1n) is 10.1. The summed E-state index contributed by atoms with van der Waals surface area (Å²) >= 11 is 0. The summed E-state index contributed by atoms with van der Waals surface area (Å²) in [5, 5.41) is 18.8. The van der Waals surface area contributed by atoms with Gasteiger partial charge in [-0.1, -0.05) is 0 Å². The summed E-state index contributed by atoms with van der Waals surface area (Å²) < 4.78 is 16.7. The van der Waals surface area contributed by atoms with E-state index in [-0.39, 0.29) is 11.7 Å². The predicted octanol–water partition coefficient (Wildman–Crippen LogP) is 3.43. The van der Waals surface area contributed by atoms with E-state index < -0.39 is 0 Å². The van der Waals surface area contributed by atoms with Gasteiger partial charge in [0.15, 0.2) is 5.69 Å². The van der Waals surface area contributed by atoms with Crippen LogP contribution in [0.4, 0.5) is 10.1 Å². The Labute approximate surface area is 177 Å². The lowest BCUT2D eigenvalue weighted by molar-refractivity contribution is 0.102. The van der Waals surface area contributed by atoms with Crippen LogP contribution in [0.5, 0.6) is 0 Å². The first kappa shape index (κ1) is 19.1. The van der Waals surface area contributed by atoms with E-state index in [0.29, 0.717) is 11.4 Å². The Morgan fingerprint density at radius 1 is 1.10 bits per heavy atom. The van der Waals surface area contributed by atoms with Crippen LogP contribution in [0.25, 0.3) is 11.4 Å². The Hall–Kier alpha value is -3.88. The van der Waals surface area contributed by atoms with Crippen molar-refractivity contribution in [2.24, 2.45) is 0 Å². The van der Waals surface area contributed by atoms with E-state index in [9.17, 15) is 9.18 Å². The van der Waals surface area contributed by atoms with Crippen molar-refractivity contribution in [2.45, 2.75) is 32.6 Å². The number of carbonyl (C=O) groups is 1. The summed E-state index contributed by atoms with van der Waals surface area (Å²) in [7, 11) is 0. The molecular formula is C22H20FN7O. The summed E-state index contributed by atoms with van der Waals surface area (Å²) in [5.41, 5.74) is 5.58. The molecule has 0 unspecified atom stereocenters. The van der Waals surface area contributed by atoms with Gasteiger partial charge in [-0.25, -0.2) is 13.8 Å². The third-order valence-corrected chi connectivity index (χ3v) is 5.52. The van der Waals surface area contributed by atoms with Crippen molar-refractivity contribution >= 4 is 11.6 Å². The van der Waals surface area contributed by atoms with Crippen LogP contribution in [-0.4, -0.2) is 35.9 Å². The minimum atomic E-state index is -0.303. The SMILES string of the molecule is Cc1cc(NC(=O)c2nn(-c3ccc(F)cc3)c3c2CCCC3)ccc1-n1cnnn1. The number of halogens is 1. The number of hydrogen-bond donors (Lipinski definition) is 1. The molecule has 8 nitrogen and oxygen atoms in total. The van der Waals surface area contributed by atoms with Gasteiger partial charge in [0, 0.05) is 16.9 Å². The first-order chi connectivity index (χ1) is 15.1. The fraction of sp³-hybridized carbons (Fsp3) is 0.227. The number of aromatic nitrogens is 6. The minimum Gasteiger partial charge on any atom is -0.321 e. The van der Waals surface area contributed by atoms with Gasteiger partial charge in [-0.3, -0.25) is 4.79 Å². The molecule has 0 radical (unpaired) electrons. The Morgan fingerprint density at radius 2 is 1.90 bits per heavy atom. The lowest BCUT2D eigenvalue weighted by Crippen LogP contribution is -2.16. The van der Waals surface area contributed by atoms with Crippen LogP contribution in [0.15, 0.2) is 48.8 Å².